The lowest BCUT2D eigenvalue weighted by Crippen LogP contribution is -2.42. The molecule has 0 aliphatic heterocycles. The summed E-state index contributed by atoms with van der Waals surface area (Å²) in [7, 11) is 0. The number of nitrogens with zero attached hydrogens (tertiary/aromatic N) is 2. The fraction of sp³-hybridized carbons (Fsp3) is 0.800. The van der Waals surface area contributed by atoms with Gasteiger partial charge in [-0.1, -0.05) is 13.8 Å². The predicted octanol–water partition coefficient (Wildman–Crippen LogP) is 2.42. The summed E-state index contributed by atoms with van der Waals surface area (Å²) in [6, 6.07) is 2.65. The molecule has 1 aromatic rings. The van der Waals surface area contributed by atoms with Crippen LogP contribution in [0.25, 0.3) is 0 Å². The molecule has 1 saturated carbocycles. The standard InChI is InChI=1S/C15H27N3O/c1-3-14(4-2)18-9-7-13(17-18)11-15(19)8-5-6-12(16)10-15/h7,9,12,14,19H,3-6,8,10-11,16H2,1-2H3. The van der Waals surface area contributed by atoms with Gasteiger partial charge in [0.1, 0.15) is 0 Å². The number of aliphatic hydroxyl groups is 1. The molecule has 4 nitrogen and oxygen atoms in total. The highest BCUT2D eigenvalue weighted by atomic mass is 16.3. The second kappa shape index (κ2) is 6.06. The van der Waals surface area contributed by atoms with Gasteiger partial charge in [0, 0.05) is 18.7 Å². The van der Waals surface area contributed by atoms with E-state index in [1.165, 1.54) is 0 Å². The van der Waals surface area contributed by atoms with Crippen molar-refractivity contribution in [3.8, 4) is 0 Å². The quantitative estimate of drug-likeness (QED) is 0.859. The van der Waals surface area contributed by atoms with Gasteiger partial charge in [0.15, 0.2) is 0 Å². The number of hydrogen-bond acceptors (Lipinski definition) is 3. The van der Waals surface area contributed by atoms with Crippen molar-refractivity contribution in [3.63, 3.8) is 0 Å². The summed E-state index contributed by atoms with van der Waals surface area (Å²) in [6.45, 7) is 4.37. The van der Waals surface area contributed by atoms with Gasteiger partial charge in [-0.25, -0.2) is 0 Å². The van der Waals surface area contributed by atoms with Crippen molar-refractivity contribution in [1.29, 1.82) is 0 Å². The first-order valence-corrected chi connectivity index (χ1v) is 7.58. The van der Waals surface area contributed by atoms with E-state index < -0.39 is 5.60 Å². The Morgan fingerprint density at radius 3 is 2.89 bits per heavy atom. The number of rotatable bonds is 5. The van der Waals surface area contributed by atoms with Crippen LogP contribution in [0.4, 0.5) is 0 Å². The third kappa shape index (κ3) is 3.57. The minimum atomic E-state index is -0.648. The molecule has 0 aromatic carbocycles. The van der Waals surface area contributed by atoms with Gasteiger partial charge in [-0.15, -0.1) is 0 Å². The van der Waals surface area contributed by atoms with Crippen LogP contribution in [-0.4, -0.2) is 26.5 Å². The molecule has 1 fully saturated rings. The van der Waals surface area contributed by atoms with Crippen LogP contribution < -0.4 is 5.73 Å². The normalized spacial score (nSPS) is 27.9. The first kappa shape index (κ1) is 14.5. The summed E-state index contributed by atoms with van der Waals surface area (Å²) in [5.41, 5.74) is 6.32. The molecule has 2 atom stereocenters. The lowest BCUT2D eigenvalue weighted by Gasteiger charge is -2.34. The van der Waals surface area contributed by atoms with Crippen molar-refractivity contribution in [2.45, 2.75) is 76.5 Å². The molecule has 3 N–H and O–H groups in total. The number of nitrogens with two attached hydrogens (primary N) is 1. The van der Waals surface area contributed by atoms with Crippen LogP contribution >= 0.6 is 0 Å². The van der Waals surface area contributed by atoms with Gasteiger partial charge >= 0.3 is 0 Å². The smallest absolute Gasteiger partial charge is 0.0718 e. The van der Waals surface area contributed by atoms with E-state index in [0.29, 0.717) is 18.9 Å². The highest BCUT2D eigenvalue weighted by Gasteiger charge is 2.33. The van der Waals surface area contributed by atoms with E-state index in [1.54, 1.807) is 0 Å². The average Bonchev–Trinajstić information content (AvgIpc) is 2.78. The van der Waals surface area contributed by atoms with Crippen molar-refractivity contribution in [2.24, 2.45) is 5.73 Å². The monoisotopic (exact) mass is 265 g/mol. The van der Waals surface area contributed by atoms with Crippen molar-refractivity contribution < 1.29 is 5.11 Å². The third-order valence-corrected chi connectivity index (χ3v) is 4.35. The highest BCUT2D eigenvalue weighted by molar-refractivity contribution is 5.06. The summed E-state index contributed by atoms with van der Waals surface area (Å²) in [4.78, 5) is 0. The molecule has 2 rings (SSSR count). The second-order valence-electron chi connectivity index (χ2n) is 6.01. The molecule has 1 aliphatic rings. The Bertz CT molecular complexity index is 400. The topological polar surface area (TPSA) is 64.1 Å². The Labute approximate surface area is 116 Å². The Balaban J connectivity index is 2.03. The van der Waals surface area contributed by atoms with E-state index >= 15 is 0 Å². The lowest BCUT2D eigenvalue weighted by molar-refractivity contribution is -0.00284. The van der Waals surface area contributed by atoms with Gasteiger partial charge in [-0.2, -0.15) is 5.10 Å². The summed E-state index contributed by atoms with van der Waals surface area (Å²) in [5.74, 6) is 0. The van der Waals surface area contributed by atoms with Crippen LogP contribution in [0.2, 0.25) is 0 Å². The molecule has 19 heavy (non-hydrogen) atoms. The SMILES string of the molecule is CCC(CC)n1ccc(CC2(O)CCCC(N)C2)n1. The lowest BCUT2D eigenvalue weighted by atomic mass is 9.79. The van der Waals surface area contributed by atoms with Crippen LogP contribution in [0.5, 0.6) is 0 Å². The van der Waals surface area contributed by atoms with Gasteiger partial charge in [-0.3, -0.25) is 4.68 Å². The van der Waals surface area contributed by atoms with Crippen molar-refractivity contribution in [1.82, 2.24) is 9.78 Å². The molecule has 0 bridgehead atoms. The van der Waals surface area contributed by atoms with Gasteiger partial charge in [0.2, 0.25) is 0 Å². The molecule has 2 unspecified atom stereocenters. The highest BCUT2D eigenvalue weighted by Crippen LogP contribution is 2.30. The maximum absolute atomic E-state index is 10.6. The zero-order valence-corrected chi connectivity index (χ0v) is 12.2. The Morgan fingerprint density at radius 1 is 1.53 bits per heavy atom. The molecular weight excluding hydrogens is 238 g/mol. The fourth-order valence-electron chi connectivity index (χ4n) is 3.22. The van der Waals surface area contributed by atoms with Crippen LogP contribution in [-0.2, 0) is 6.42 Å². The molecule has 1 aromatic heterocycles. The fourth-order valence-corrected chi connectivity index (χ4v) is 3.22. The van der Waals surface area contributed by atoms with Gasteiger partial charge < -0.3 is 10.8 Å². The zero-order chi connectivity index (χ0) is 13.9. The number of hydrogen-bond donors (Lipinski definition) is 2. The van der Waals surface area contributed by atoms with E-state index in [2.05, 4.69) is 18.9 Å². The molecule has 1 aliphatic carbocycles. The average molecular weight is 265 g/mol. The molecule has 1 heterocycles. The molecule has 4 heteroatoms. The number of aromatic nitrogens is 2. The van der Waals surface area contributed by atoms with Crippen molar-refractivity contribution >= 4 is 0 Å². The first-order chi connectivity index (χ1) is 9.06. The maximum Gasteiger partial charge on any atom is 0.0718 e. The first-order valence-electron chi connectivity index (χ1n) is 7.58. The summed E-state index contributed by atoms with van der Waals surface area (Å²) < 4.78 is 2.04. The summed E-state index contributed by atoms with van der Waals surface area (Å²) in [5, 5.41) is 15.3. The van der Waals surface area contributed by atoms with Crippen molar-refractivity contribution in [2.75, 3.05) is 0 Å². The van der Waals surface area contributed by atoms with Crippen molar-refractivity contribution in [3.05, 3.63) is 18.0 Å². The largest absolute Gasteiger partial charge is 0.389 e. The van der Waals surface area contributed by atoms with E-state index in [4.69, 9.17) is 5.73 Å². The summed E-state index contributed by atoms with van der Waals surface area (Å²) in [6.07, 6.45) is 8.45. The second-order valence-corrected chi connectivity index (χ2v) is 6.01. The van der Waals surface area contributed by atoms with E-state index in [1.807, 2.05) is 16.9 Å². The van der Waals surface area contributed by atoms with Gasteiger partial charge in [0.05, 0.1) is 17.3 Å². The van der Waals surface area contributed by atoms with Crippen LogP contribution in [0.1, 0.15) is 64.1 Å². The van der Waals surface area contributed by atoms with Gasteiger partial charge in [-0.05, 0) is 44.6 Å². The van der Waals surface area contributed by atoms with E-state index in [0.717, 1.165) is 37.8 Å². The van der Waals surface area contributed by atoms with Crippen LogP contribution in [0, 0.1) is 0 Å². The third-order valence-electron chi connectivity index (χ3n) is 4.35. The maximum atomic E-state index is 10.6. The molecule has 0 saturated heterocycles. The minimum absolute atomic E-state index is 0.139. The summed E-state index contributed by atoms with van der Waals surface area (Å²) >= 11 is 0. The predicted molar refractivity (Wildman–Crippen MR) is 76.9 cm³/mol. The molecule has 0 amide bonds. The Hall–Kier alpha value is -0.870. The minimum Gasteiger partial charge on any atom is -0.389 e. The molecule has 0 spiro atoms. The van der Waals surface area contributed by atoms with Gasteiger partial charge in [0.25, 0.3) is 0 Å². The molecule has 0 radical (unpaired) electrons. The van der Waals surface area contributed by atoms with E-state index in [-0.39, 0.29) is 6.04 Å². The molecular formula is C15H27N3O. The zero-order valence-electron chi connectivity index (χ0n) is 12.2. The van der Waals surface area contributed by atoms with E-state index in [9.17, 15) is 5.11 Å². The Morgan fingerprint density at radius 2 is 2.26 bits per heavy atom. The molecule has 108 valence electrons. The van der Waals surface area contributed by atoms with Crippen LogP contribution in [0.3, 0.4) is 0 Å². The van der Waals surface area contributed by atoms with Crippen LogP contribution in [0.15, 0.2) is 12.3 Å². The Kier molecular flexibility index (Phi) is 4.63.